The zero-order valence-electron chi connectivity index (χ0n) is 15.0. The Kier molecular flexibility index (Phi) is 4.75. The van der Waals surface area contributed by atoms with E-state index in [0.717, 1.165) is 22.6 Å². The van der Waals surface area contributed by atoms with Crippen molar-refractivity contribution in [3.63, 3.8) is 0 Å². The Balaban J connectivity index is 1.50. The van der Waals surface area contributed by atoms with Crippen LogP contribution in [0.2, 0.25) is 0 Å². The summed E-state index contributed by atoms with van der Waals surface area (Å²) in [5.74, 6) is 2.16. The lowest BCUT2D eigenvalue weighted by molar-refractivity contribution is 0.0933. The second-order valence-corrected chi connectivity index (χ2v) is 6.25. The first-order valence-corrected chi connectivity index (χ1v) is 8.75. The van der Waals surface area contributed by atoms with Gasteiger partial charge in [-0.15, -0.1) is 0 Å². The normalized spacial score (nSPS) is 12.9. The van der Waals surface area contributed by atoms with Crippen molar-refractivity contribution >= 4 is 5.78 Å². The summed E-state index contributed by atoms with van der Waals surface area (Å²) in [7, 11) is 1.65. The van der Waals surface area contributed by atoms with Crippen LogP contribution in [0.25, 0.3) is 11.3 Å². The highest BCUT2D eigenvalue weighted by Crippen LogP contribution is 2.29. The molecule has 4 rings (SSSR count). The molecule has 1 aromatic heterocycles. The molecule has 2 heterocycles. The zero-order valence-corrected chi connectivity index (χ0v) is 15.0. The quantitative estimate of drug-likeness (QED) is 0.678. The SMILES string of the molecule is COc1cccc(-c2cc(COc3ccc4c(c3)OCCC4=O)ccn2)c1. The molecule has 0 radical (unpaired) electrons. The number of nitrogens with zero attached hydrogens (tertiary/aromatic N) is 1. The van der Waals surface area contributed by atoms with Crippen molar-refractivity contribution in [3.8, 4) is 28.5 Å². The monoisotopic (exact) mass is 361 g/mol. The van der Waals surface area contributed by atoms with E-state index in [2.05, 4.69) is 4.98 Å². The van der Waals surface area contributed by atoms with Crippen LogP contribution >= 0.6 is 0 Å². The predicted octanol–water partition coefficient (Wildman–Crippen LogP) is 4.30. The third-order valence-corrected chi connectivity index (χ3v) is 4.44. The molecular formula is C22H19NO4. The van der Waals surface area contributed by atoms with Crippen LogP contribution in [0.4, 0.5) is 0 Å². The Hall–Kier alpha value is -3.34. The number of hydrogen-bond donors (Lipinski definition) is 0. The lowest BCUT2D eigenvalue weighted by Crippen LogP contribution is -2.15. The zero-order chi connectivity index (χ0) is 18.6. The average Bonchev–Trinajstić information content (AvgIpc) is 2.72. The van der Waals surface area contributed by atoms with Gasteiger partial charge in [0.25, 0.3) is 0 Å². The highest BCUT2D eigenvalue weighted by Gasteiger charge is 2.18. The predicted molar refractivity (Wildman–Crippen MR) is 101 cm³/mol. The van der Waals surface area contributed by atoms with Gasteiger partial charge in [-0.2, -0.15) is 0 Å². The number of methoxy groups -OCH3 is 1. The molecule has 3 aromatic rings. The van der Waals surface area contributed by atoms with E-state index in [1.165, 1.54) is 0 Å². The van der Waals surface area contributed by atoms with Crippen LogP contribution in [0.1, 0.15) is 22.3 Å². The van der Waals surface area contributed by atoms with Crippen molar-refractivity contribution in [1.82, 2.24) is 4.98 Å². The lowest BCUT2D eigenvalue weighted by atomic mass is 10.1. The summed E-state index contributed by atoms with van der Waals surface area (Å²) in [5, 5.41) is 0. The fourth-order valence-electron chi connectivity index (χ4n) is 3.00. The van der Waals surface area contributed by atoms with Crippen molar-refractivity contribution in [2.24, 2.45) is 0 Å². The molecule has 0 saturated heterocycles. The molecule has 1 aliphatic heterocycles. The average molecular weight is 361 g/mol. The Morgan fingerprint density at radius 2 is 2.00 bits per heavy atom. The third-order valence-electron chi connectivity index (χ3n) is 4.44. The van der Waals surface area contributed by atoms with Gasteiger partial charge in [-0.25, -0.2) is 0 Å². The van der Waals surface area contributed by atoms with Crippen LogP contribution in [-0.2, 0) is 6.61 Å². The van der Waals surface area contributed by atoms with Gasteiger partial charge < -0.3 is 14.2 Å². The molecule has 136 valence electrons. The second-order valence-electron chi connectivity index (χ2n) is 6.25. The van der Waals surface area contributed by atoms with E-state index in [-0.39, 0.29) is 5.78 Å². The van der Waals surface area contributed by atoms with Crippen molar-refractivity contribution < 1.29 is 19.0 Å². The van der Waals surface area contributed by atoms with Crippen LogP contribution < -0.4 is 14.2 Å². The van der Waals surface area contributed by atoms with Crippen molar-refractivity contribution in [2.75, 3.05) is 13.7 Å². The van der Waals surface area contributed by atoms with Gasteiger partial charge in [-0.1, -0.05) is 12.1 Å². The van der Waals surface area contributed by atoms with Gasteiger partial charge >= 0.3 is 0 Å². The Labute approximate surface area is 157 Å². The molecule has 27 heavy (non-hydrogen) atoms. The third kappa shape index (κ3) is 3.77. The number of pyridine rings is 1. The number of ketones is 1. The number of fused-ring (bicyclic) bond motifs is 1. The van der Waals surface area contributed by atoms with Gasteiger partial charge in [0.2, 0.25) is 0 Å². The highest BCUT2D eigenvalue weighted by atomic mass is 16.5. The molecular weight excluding hydrogens is 342 g/mol. The van der Waals surface area contributed by atoms with Crippen LogP contribution in [-0.4, -0.2) is 24.5 Å². The molecule has 2 aromatic carbocycles. The molecule has 0 aliphatic carbocycles. The minimum Gasteiger partial charge on any atom is -0.497 e. The van der Waals surface area contributed by atoms with Crippen molar-refractivity contribution in [2.45, 2.75) is 13.0 Å². The molecule has 0 atom stereocenters. The van der Waals surface area contributed by atoms with Gasteiger partial charge in [0.15, 0.2) is 5.78 Å². The highest BCUT2D eigenvalue weighted by molar-refractivity contribution is 5.99. The van der Waals surface area contributed by atoms with Gasteiger partial charge in [0, 0.05) is 24.2 Å². The van der Waals surface area contributed by atoms with E-state index in [4.69, 9.17) is 14.2 Å². The maximum Gasteiger partial charge on any atom is 0.169 e. The molecule has 0 unspecified atom stereocenters. The number of carbonyl (C=O) groups is 1. The topological polar surface area (TPSA) is 57.7 Å². The van der Waals surface area contributed by atoms with Crippen LogP contribution in [0.15, 0.2) is 60.8 Å². The maximum absolute atomic E-state index is 11.9. The summed E-state index contributed by atoms with van der Waals surface area (Å²) in [6.45, 7) is 0.815. The van der Waals surface area contributed by atoms with E-state index in [0.29, 0.717) is 36.7 Å². The van der Waals surface area contributed by atoms with Gasteiger partial charge in [-0.3, -0.25) is 9.78 Å². The molecule has 0 spiro atoms. The van der Waals surface area contributed by atoms with E-state index in [1.807, 2.05) is 36.4 Å². The minimum atomic E-state index is 0.111. The van der Waals surface area contributed by atoms with Gasteiger partial charge in [0.1, 0.15) is 23.9 Å². The number of hydrogen-bond acceptors (Lipinski definition) is 5. The smallest absolute Gasteiger partial charge is 0.169 e. The molecule has 0 bridgehead atoms. The summed E-state index contributed by atoms with van der Waals surface area (Å²) in [6.07, 6.45) is 2.19. The lowest BCUT2D eigenvalue weighted by Gasteiger charge is -2.17. The molecule has 0 saturated carbocycles. The molecule has 0 amide bonds. The number of benzene rings is 2. The number of rotatable bonds is 5. The first-order valence-electron chi connectivity index (χ1n) is 8.75. The van der Waals surface area contributed by atoms with Crippen LogP contribution in [0.3, 0.4) is 0 Å². The number of ether oxygens (including phenoxy) is 3. The molecule has 5 heteroatoms. The largest absolute Gasteiger partial charge is 0.497 e. The Morgan fingerprint density at radius 1 is 1.07 bits per heavy atom. The summed E-state index contributed by atoms with van der Waals surface area (Å²) in [5.41, 5.74) is 3.46. The molecule has 0 fully saturated rings. The van der Waals surface area contributed by atoms with E-state index in [9.17, 15) is 4.79 Å². The van der Waals surface area contributed by atoms with Crippen LogP contribution in [0.5, 0.6) is 17.2 Å². The Morgan fingerprint density at radius 3 is 2.89 bits per heavy atom. The number of aromatic nitrogens is 1. The van der Waals surface area contributed by atoms with Gasteiger partial charge in [0.05, 0.1) is 25.0 Å². The number of carbonyl (C=O) groups excluding carboxylic acids is 1. The summed E-state index contributed by atoms with van der Waals surface area (Å²) < 4.78 is 16.7. The minimum absolute atomic E-state index is 0.111. The van der Waals surface area contributed by atoms with Crippen molar-refractivity contribution in [3.05, 3.63) is 71.9 Å². The molecule has 5 nitrogen and oxygen atoms in total. The van der Waals surface area contributed by atoms with E-state index in [1.54, 1.807) is 31.5 Å². The molecule has 0 N–H and O–H groups in total. The summed E-state index contributed by atoms with van der Waals surface area (Å²) >= 11 is 0. The first-order chi connectivity index (χ1) is 13.2. The van der Waals surface area contributed by atoms with Crippen LogP contribution in [0, 0.1) is 0 Å². The fourth-order valence-corrected chi connectivity index (χ4v) is 3.00. The van der Waals surface area contributed by atoms with Gasteiger partial charge in [-0.05, 0) is 42.0 Å². The number of Topliss-reactive ketones (excluding diaryl/α,β-unsaturated/α-hetero) is 1. The van der Waals surface area contributed by atoms with E-state index < -0.39 is 0 Å². The first kappa shape index (κ1) is 17.1. The summed E-state index contributed by atoms with van der Waals surface area (Å²) in [4.78, 5) is 16.3. The Bertz CT molecular complexity index is 984. The molecule has 1 aliphatic rings. The van der Waals surface area contributed by atoms with Crippen molar-refractivity contribution in [1.29, 1.82) is 0 Å². The van der Waals surface area contributed by atoms with E-state index >= 15 is 0 Å². The maximum atomic E-state index is 11.9. The fraction of sp³-hybridized carbons (Fsp3) is 0.182. The standard InChI is InChI=1S/C22H19NO4/c1-25-17-4-2-3-16(12-17)20-11-15(7-9-23-20)14-27-18-5-6-19-21(24)8-10-26-22(19)13-18/h2-7,9,11-13H,8,10,14H2,1H3. The second kappa shape index (κ2) is 7.50. The summed E-state index contributed by atoms with van der Waals surface area (Å²) in [6, 6.07) is 17.0.